The van der Waals surface area contributed by atoms with Crippen molar-refractivity contribution in [2.24, 2.45) is 0 Å². The van der Waals surface area contributed by atoms with Crippen LogP contribution in [0.25, 0.3) is 16.2 Å². The molecule has 9 heteroatoms. The molecule has 0 fully saturated rings. The molecule has 0 aliphatic rings. The van der Waals surface area contributed by atoms with Crippen LogP contribution in [0.5, 0.6) is 5.75 Å². The van der Waals surface area contributed by atoms with E-state index in [1.54, 1.807) is 31.4 Å². The molecule has 152 valence electrons. The van der Waals surface area contributed by atoms with Crippen LogP contribution < -0.4 is 10.1 Å². The Balaban J connectivity index is 1.51. The zero-order valence-electron chi connectivity index (χ0n) is 16.3. The third kappa shape index (κ3) is 4.22. The van der Waals surface area contributed by atoms with Crippen molar-refractivity contribution in [1.29, 1.82) is 0 Å². The van der Waals surface area contributed by atoms with Crippen molar-refractivity contribution in [3.8, 4) is 17.0 Å². The number of fused-ring (bicyclic) bond motifs is 1. The van der Waals surface area contributed by atoms with Gasteiger partial charge < -0.3 is 10.1 Å². The first-order chi connectivity index (χ1) is 14.5. The van der Waals surface area contributed by atoms with E-state index >= 15 is 0 Å². The number of benzene rings is 2. The smallest absolute Gasteiger partial charge is 0.221 e. The summed E-state index contributed by atoms with van der Waals surface area (Å²) in [6.07, 6.45) is 0. The molecular weight excluding hydrogens is 420 g/mol. The number of carbonyl (C=O) groups is 2. The molecule has 2 heterocycles. The molecule has 2 aromatic carbocycles. The highest BCUT2D eigenvalue weighted by molar-refractivity contribution is 7.99. The predicted octanol–water partition coefficient (Wildman–Crippen LogP) is 4.40. The van der Waals surface area contributed by atoms with Gasteiger partial charge in [-0.15, -0.1) is 21.5 Å². The normalized spacial score (nSPS) is 10.9. The Bertz CT molecular complexity index is 1200. The topological polar surface area (TPSA) is 85.6 Å². The summed E-state index contributed by atoms with van der Waals surface area (Å²) in [5.74, 6) is 0.855. The number of ketones is 1. The molecule has 30 heavy (non-hydrogen) atoms. The van der Waals surface area contributed by atoms with Gasteiger partial charge in [0.1, 0.15) is 5.75 Å². The number of hydrogen-bond donors (Lipinski definition) is 1. The summed E-state index contributed by atoms with van der Waals surface area (Å²) in [7, 11) is 1.64. The Kier molecular flexibility index (Phi) is 5.82. The molecule has 7 nitrogen and oxygen atoms in total. The maximum absolute atomic E-state index is 12.6. The molecule has 0 radical (unpaired) electrons. The summed E-state index contributed by atoms with van der Waals surface area (Å²) in [4.78, 5) is 24.5. The molecule has 0 spiro atoms. The minimum atomic E-state index is -0.149. The molecule has 0 saturated carbocycles. The summed E-state index contributed by atoms with van der Waals surface area (Å²) in [5.41, 5.74) is 3.23. The van der Waals surface area contributed by atoms with Gasteiger partial charge in [0.05, 0.1) is 18.6 Å². The Hall–Kier alpha value is -3.17. The van der Waals surface area contributed by atoms with Crippen molar-refractivity contribution < 1.29 is 14.3 Å². The van der Waals surface area contributed by atoms with Crippen LogP contribution in [0, 0.1) is 0 Å². The third-order valence-corrected chi connectivity index (χ3v) is 6.11. The van der Waals surface area contributed by atoms with Crippen molar-refractivity contribution in [2.75, 3.05) is 18.2 Å². The molecule has 4 aromatic rings. The Morgan fingerprint density at radius 3 is 2.50 bits per heavy atom. The third-order valence-electron chi connectivity index (χ3n) is 4.37. The second-order valence-corrected chi connectivity index (χ2v) is 8.20. The number of thiazole rings is 1. The SMILES string of the molecule is COc1ccc(-c2csc3nnc(SCC(=O)c4ccc(NC(C)=O)cc4)n23)cc1. The molecule has 1 amide bonds. The van der Waals surface area contributed by atoms with E-state index in [-0.39, 0.29) is 17.4 Å². The van der Waals surface area contributed by atoms with E-state index in [9.17, 15) is 9.59 Å². The summed E-state index contributed by atoms with van der Waals surface area (Å²) >= 11 is 2.85. The number of amides is 1. The van der Waals surface area contributed by atoms with Crippen molar-refractivity contribution in [3.05, 3.63) is 59.5 Å². The lowest BCUT2D eigenvalue weighted by Crippen LogP contribution is -2.07. The minimum Gasteiger partial charge on any atom is -0.497 e. The first kappa shape index (κ1) is 20.1. The van der Waals surface area contributed by atoms with Crippen molar-refractivity contribution in [2.45, 2.75) is 12.1 Å². The fraction of sp³-hybridized carbons (Fsp3) is 0.143. The van der Waals surface area contributed by atoms with E-state index in [0.717, 1.165) is 22.0 Å². The van der Waals surface area contributed by atoms with Gasteiger partial charge in [0.15, 0.2) is 10.9 Å². The minimum absolute atomic E-state index is 0.0210. The number of ether oxygens (including phenoxy) is 1. The number of Topliss-reactive ketones (excluding diaryl/α,β-unsaturated/α-hetero) is 1. The highest BCUT2D eigenvalue weighted by Crippen LogP contribution is 2.31. The lowest BCUT2D eigenvalue weighted by molar-refractivity contribution is -0.114. The van der Waals surface area contributed by atoms with Gasteiger partial charge in [0.2, 0.25) is 10.9 Å². The largest absolute Gasteiger partial charge is 0.497 e. The molecule has 0 unspecified atom stereocenters. The summed E-state index contributed by atoms with van der Waals surface area (Å²) in [6, 6.07) is 14.6. The fourth-order valence-corrected chi connectivity index (χ4v) is 4.64. The maximum Gasteiger partial charge on any atom is 0.221 e. The monoisotopic (exact) mass is 438 g/mol. The van der Waals surface area contributed by atoms with Crippen molar-refractivity contribution >= 4 is 45.4 Å². The number of rotatable bonds is 7. The van der Waals surface area contributed by atoms with Crippen molar-refractivity contribution in [1.82, 2.24) is 14.6 Å². The highest BCUT2D eigenvalue weighted by atomic mass is 32.2. The van der Waals surface area contributed by atoms with Gasteiger partial charge in [0.25, 0.3) is 0 Å². The molecular formula is C21H18N4O3S2. The summed E-state index contributed by atoms with van der Waals surface area (Å²) in [5, 5.41) is 13.9. The summed E-state index contributed by atoms with van der Waals surface area (Å²) in [6.45, 7) is 1.44. The van der Waals surface area contributed by atoms with Gasteiger partial charge in [-0.05, 0) is 54.1 Å². The Morgan fingerprint density at radius 1 is 1.10 bits per heavy atom. The van der Waals surface area contributed by atoms with Crippen molar-refractivity contribution in [3.63, 3.8) is 0 Å². The second kappa shape index (κ2) is 8.68. The number of carbonyl (C=O) groups excluding carboxylic acids is 2. The van der Waals surface area contributed by atoms with Crippen LogP contribution in [0.4, 0.5) is 5.69 Å². The Morgan fingerprint density at radius 2 is 1.83 bits per heavy atom. The molecule has 0 bridgehead atoms. The zero-order chi connectivity index (χ0) is 21.1. The average Bonchev–Trinajstić information content (AvgIpc) is 3.35. The summed E-state index contributed by atoms with van der Waals surface area (Å²) < 4.78 is 7.19. The van der Waals surface area contributed by atoms with Gasteiger partial charge in [-0.25, -0.2) is 0 Å². The molecule has 1 N–H and O–H groups in total. The number of thioether (sulfide) groups is 1. The van der Waals surface area contributed by atoms with Crippen LogP contribution >= 0.6 is 23.1 Å². The molecule has 0 aliphatic carbocycles. The number of anilines is 1. The van der Waals surface area contributed by atoms with E-state index in [1.807, 2.05) is 34.0 Å². The van der Waals surface area contributed by atoms with Gasteiger partial charge in [-0.2, -0.15) is 0 Å². The molecule has 0 saturated heterocycles. The van der Waals surface area contributed by atoms with E-state index in [2.05, 4.69) is 15.5 Å². The number of aromatic nitrogens is 3. The number of methoxy groups -OCH3 is 1. The van der Waals surface area contributed by atoms with Crippen LogP contribution in [-0.4, -0.2) is 39.2 Å². The fourth-order valence-electron chi connectivity index (χ4n) is 2.91. The van der Waals surface area contributed by atoms with Crippen LogP contribution in [0.1, 0.15) is 17.3 Å². The average molecular weight is 439 g/mol. The first-order valence-corrected chi connectivity index (χ1v) is 10.9. The molecule has 0 atom stereocenters. The number of nitrogens with one attached hydrogen (secondary N) is 1. The van der Waals surface area contributed by atoms with Gasteiger partial charge >= 0.3 is 0 Å². The van der Waals surface area contributed by atoms with E-state index in [1.165, 1.54) is 30.0 Å². The predicted molar refractivity (Wildman–Crippen MR) is 119 cm³/mol. The molecule has 0 aliphatic heterocycles. The maximum atomic E-state index is 12.6. The standard InChI is InChI=1S/C21H18N4O3S2/c1-13(26)22-16-7-3-15(4-8-16)19(27)12-30-21-24-23-20-25(21)18(11-29-20)14-5-9-17(28-2)10-6-14/h3-11H,12H2,1-2H3,(H,22,26). The molecule has 2 aromatic heterocycles. The van der Waals surface area contributed by atoms with E-state index < -0.39 is 0 Å². The first-order valence-electron chi connectivity index (χ1n) is 9.06. The van der Waals surface area contributed by atoms with Crippen LogP contribution in [0.3, 0.4) is 0 Å². The molecule has 4 rings (SSSR count). The number of nitrogens with zero attached hydrogens (tertiary/aromatic N) is 3. The van der Waals surface area contributed by atoms with Crippen LogP contribution in [0.15, 0.2) is 59.1 Å². The van der Waals surface area contributed by atoms with Crippen LogP contribution in [0.2, 0.25) is 0 Å². The number of hydrogen-bond acceptors (Lipinski definition) is 7. The lowest BCUT2D eigenvalue weighted by atomic mass is 10.1. The zero-order valence-corrected chi connectivity index (χ0v) is 17.9. The van der Waals surface area contributed by atoms with E-state index in [0.29, 0.717) is 16.4 Å². The van der Waals surface area contributed by atoms with Crippen LogP contribution in [-0.2, 0) is 4.79 Å². The van der Waals surface area contributed by atoms with Gasteiger partial charge in [-0.3, -0.25) is 14.0 Å². The van der Waals surface area contributed by atoms with Gasteiger partial charge in [0, 0.05) is 23.6 Å². The van der Waals surface area contributed by atoms with Gasteiger partial charge in [-0.1, -0.05) is 11.8 Å². The van der Waals surface area contributed by atoms with E-state index in [4.69, 9.17) is 4.74 Å². The lowest BCUT2D eigenvalue weighted by Gasteiger charge is -2.05. The second-order valence-electron chi connectivity index (χ2n) is 6.42. The highest BCUT2D eigenvalue weighted by Gasteiger charge is 2.16. The quantitative estimate of drug-likeness (QED) is 0.340. The Labute approximate surface area is 181 Å².